The van der Waals surface area contributed by atoms with Gasteiger partial charge in [-0.3, -0.25) is 9.10 Å². The van der Waals surface area contributed by atoms with Crippen LogP contribution in [0, 0.1) is 5.92 Å². The third kappa shape index (κ3) is 7.84. The number of ether oxygens (including phenoxy) is 5. The maximum atomic E-state index is 14.2. The molecule has 0 radical (unpaired) electrons. The Kier molecular flexibility index (Phi) is 11.4. The van der Waals surface area contributed by atoms with Crippen LogP contribution in [0.4, 0.5) is 5.69 Å². The summed E-state index contributed by atoms with van der Waals surface area (Å²) in [6.45, 7) is 1.79. The van der Waals surface area contributed by atoms with E-state index in [9.17, 15) is 18.0 Å². The third-order valence-corrected chi connectivity index (χ3v) is 12.4. The normalized spacial score (nSPS) is 18.8. The number of methoxy groups -OCH3 is 4. The van der Waals surface area contributed by atoms with Crippen molar-refractivity contribution in [1.82, 2.24) is 5.01 Å². The van der Waals surface area contributed by atoms with E-state index in [-0.39, 0.29) is 28.9 Å². The van der Waals surface area contributed by atoms with Crippen LogP contribution >= 0.6 is 0 Å². The summed E-state index contributed by atoms with van der Waals surface area (Å²) in [7, 11) is 1.91. The summed E-state index contributed by atoms with van der Waals surface area (Å²) in [6.07, 6.45) is 6.59. The highest BCUT2D eigenvalue weighted by Gasteiger charge is 2.45. The Morgan fingerprint density at radius 2 is 1.54 bits per heavy atom. The zero-order valence-electron chi connectivity index (χ0n) is 32.5. The molecule has 0 aromatic heterocycles. The minimum atomic E-state index is -4.09. The molecule has 296 valence electrons. The first-order valence-corrected chi connectivity index (χ1v) is 20.2. The van der Waals surface area contributed by atoms with Crippen LogP contribution in [0.2, 0.25) is 0 Å². The van der Waals surface area contributed by atoms with Gasteiger partial charge in [0, 0.05) is 18.5 Å². The van der Waals surface area contributed by atoms with Crippen molar-refractivity contribution >= 4 is 45.5 Å². The summed E-state index contributed by atoms with van der Waals surface area (Å²) in [4.78, 5) is 27.4. The molecule has 1 fully saturated rings. The van der Waals surface area contributed by atoms with E-state index < -0.39 is 34.0 Å². The topological polar surface area (TPSA) is 133 Å². The van der Waals surface area contributed by atoms with Gasteiger partial charge in [-0.2, -0.15) is 5.10 Å². The molecular formula is C44H45N3O9S. The summed E-state index contributed by atoms with van der Waals surface area (Å²) in [6, 6.07) is 25.3. The summed E-state index contributed by atoms with van der Waals surface area (Å²) < 4.78 is 56.9. The van der Waals surface area contributed by atoms with Crippen molar-refractivity contribution in [2.45, 2.75) is 49.6 Å². The largest absolute Gasteiger partial charge is 0.497 e. The number of amides is 1. The number of carbonyl (C=O) groups excluding carboxylic acids is 2. The molecule has 4 aromatic carbocycles. The number of hydrogen-bond acceptors (Lipinski definition) is 10. The number of rotatable bonds is 12. The number of hydrogen-bond donors (Lipinski definition) is 0. The summed E-state index contributed by atoms with van der Waals surface area (Å²) >= 11 is 0. The average molecular weight is 792 g/mol. The zero-order valence-corrected chi connectivity index (χ0v) is 33.3. The molecular weight excluding hydrogens is 747 g/mol. The van der Waals surface area contributed by atoms with Gasteiger partial charge in [0.25, 0.3) is 15.9 Å². The Hall–Kier alpha value is -6.08. The van der Waals surface area contributed by atoms with Crippen LogP contribution in [0.5, 0.6) is 23.0 Å². The first-order chi connectivity index (χ1) is 27.6. The molecule has 3 unspecified atom stereocenters. The number of benzene rings is 4. The van der Waals surface area contributed by atoms with Gasteiger partial charge in [-0.15, -0.1) is 0 Å². The molecule has 2 heterocycles. The van der Waals surface area contributed by atoms with Gasteiger partial charge < -0.3 is 23.7 Å². The second-order valence-corrected chi connectivity index (χ2v) is 15.8. The predicted octanol–water partition coefficient (Wildman–Crippen LogP) is 7.24. The standard InChI is InChI=1S/C44H45N3O9S/c1-28(56-40(48)22-15-30-26-38(54-4)43(55-5)39(27-30)57(50,51)46-24-23-31-9-6-7-12-37(31)46)44(49)47-42(32-16-20-35(53-3)21-17-32)36-11-8-10-33(41(36)45-47)25-29-13-18-34(52-2)19-14-29/h6-7,9,12-22,25-28,36,42H,8,10-11,23-24H2,1-5H3/b22-15+,33-25-. The van der Waals surface area contributed by atoms with E-state index >= 15 is 0 Å². The van der Waals surface area contributed by atoms with Gasteiger partial charge in [0.1, 0.15) is 16.4 Å². The SMILES string of the molecule is COc1ccc(/C=C2/CCCC3C2=NN(C(=O)C(C)OC(=O)/C=C/c2cc(OC)c(OC)c(S(=O)(=O)N4CCc5ccccc54)c2)C3c2ccc(OC)cc2)cc1. The number of anilines is 1. The van der Waals surface area contributed by atoms with E-state index in [1.54, 1.807) is 32.4 Å². The fourth-order valence-corrected chi connectivity index (χ4v) is 9.46. The Morgan fingerprint density at radius 1 is 0.842 bits per heavy atom. The van der Waals surface area contributed by atoms with E-state index in [1.165, 1.54) is 42.6 Å². The van der Waals surface area contributed by atoms with Gasteiger partial charge in [0.15, 0.2) is 17.6 Å². The zero-order chi connectivity index (χ0) is 40.3. The van der Waals surface area contributed by atoms with Crippen LogP contribution in [-0.2, 0) is 30.8 Å². The highest BCUT2D eigenvalue weighted by molar-refractivity contribution is 7.93. The molecule has 1 aliphatic carbocycles. The fraction of sp³-hybridized carbons (Fsp3) is 0.295. The van der Waals surface area contributed by atoms with Crippen LogP contribution in [0.25, 0.3) is 12.2 Å². The van der Waals surface area contributed by atoms with Crippen molar-refractivity contribution in [2.24, 2.45) is 11.0 Å². The molecule has 0 N–H and O–H groups in total. The first kappa shape index (κ1) is 39.2. The van der Waals surface area contributed by atoms with E-state index in [2.05, 4.69) is 6.08 Å². The molecule has 4 aromatic rings. The first-order valence-electron chi connectivity index (χ1n) is 18.7. The molecule has 1 saturated carbocycles. The maximum absolute atomic E-state index is 14.2. The van der Waals surface area contributed by atoms with Crippen LogP contribution in [0.3, 0.4) is 0 Å². The van der Waals surface area contributed by atoms with Crippen molar-refractivity contribution in [3.63, 3.8) is 0 Å². The van der Waals surface area contributed by atoms with E-state index in [1.807, 2.05) is 60.7 Å². The number of carbonyl (C=O) groups is 2. The number of sulfonamides is 1. The van der Waals surface area contributed by atoms with Crippen molar-refractivity contribution in [2.75, 3.05) is 39.3 Å². The Bertz CT molecular complexity index is 2350. The Balaban J connectivity index is 1.14. The fourth-order valence-electron chi connectivity index (χ4n) is 7.75. The second-order valence-electron chi connectivity index (χ2n) is 14.0. The number of hydrazone groups is 1. The Labute approximate surface area is 333 Å². The lowest BCUT2D eigenvalue weighted by atomic mass is 9.77. The molecule has 0 spiro atoms. The lowest BCUT2D eigenvalue weighted by molar-refractivity contribution is -0.156. The highest BCUT2D eigenvalue weighted by atomic mass is 32.2. The quantitative estimate of drug-likeness (QED) is 0.108. The minimum Gasteiger partial charge on any atom is -0.497 e. The third-order valence-electron chi connectivity index (χ3n) is 10.6. The molecule has 3 atom stereocenters. The van der Waals surface area contributed by atoms with Crippen molar-refractivity contribution < 1.29 is 41.7 Å². The number of nitrogens with zero attached hydrogens (tertiary/aromatic N) is 3. The van der Waals surface area contributed by atoms with E-state index in [0.29, 0.717) is 23.4 Å². The van der Waals surface area contributed by atoms with Crippen molar-refractivity contribution in [3.05, 3.63) is 119 Å². The summed E-state index contributed by atoms with van der Waals surface area (Å²) in [5.74, 6) is 0.311. The minimum absolute atomic E-state index is 0.0436. The molecule has 0 saturated heterocycles. The lowest BCUT2D eigenvalue weighted by Crippen LogP contribution is -2.38. The van der Waals surface area contributed by atoms with E-state index in [4.69, 9.17) is 28.8 Å². The lowest BCUT2D eigenvalue weighted by Gasteiger charge is -2.30. The van der Waals surface area contributed by atoms with Gasteiger partial charge in [0.2, 0.25) is 0 Å². The van der Waals surface area contributed by atoms with Crippen LogP contribution in [0.1, 0.15) is 54.5 Å². The van der Waals surface area contributed by atoms with Crippen LogP contribution in [-0.4, -0.2) is 72.1 Å². The number of allylic oxidation sites excluding steroid dienone is 1. The van der Waals surface area contributed by atoms with Crippen molar-refractivity contribution in [3.8, 4) is 23.0 Å². The molecule has 0 bridgehead atoms. The van der Waals surface area contributed by atoms with Gasteiger partial charge in [0.05, 0.1) is 45.9 Å². The molecule has 3 aliphatic rings. The monoisotopic (exact) mass is 791 g/mol. The smallest absolute Gasteiger partial charge is 0.331 e. The molecule has 7 rings (SSSR count). The van der Waals surface area contributed by atoms with Crippen LogP contribution in [0.15, 0.2) is 107 Å². The number of esters is 1. The van der Waals surface area contributed by atoms with Crippen LogP contribution < -0.4 is 23.3 Å². The average Bonchev–Trinajstić information content (AvgIpc) is 3.86. The van der Waals surface area contributed by atoms with Crippen molar-refractivity contribution in [1.29, 1.82) is 0 Å². The number of para-hydroxylation sites is 1. The van der Waals surface area contributed by atoms with Gasteiger partial charge in [-0.25, -0.2) is 18.2 Å². The Morgan fingerprint density at radius 3 is 2.23 bits per heavy atom. The molecule has 1 amide bonds. The van der Waals surface area contributed by atoms with Gasteiger partial charge in [-0.1, -0.05) is 42.5 Å². The maximum Gasteiger partial charge on any atom is 0.331 e. The summed E-state index contributed by atoms with van der Waals surface area (Å²) in [5.41, 5.74) is 5.63. The molecule has 2 aliphatic heterocycles. The molecule has 57 heavy (non-hydrogen) atoms. The highest BCUT2D eigenvalue weighted by Crippen LogP contribution is 2.45. The number of fused-ring (bicyclic) bond motifs is 2. The van der Waals surface area contributed by atoms with Gasteiger partial charge >= 0.3 is 5.97 Å². The molecule has 13 heteroatoms. The van der Waals surface area contributed by atoms with E-state index in [0.717, 1.165) is 59.1 Å². The van der Waals surface area contributed by atoms with Gasteiger partial charge in [-0.05, 0) is 115 Å². The predicted molar refractivity (Wildman–Crippen MR) is 217 cm³/mol. The second kappa shape index (κ2) is 16.6. The summed E-state index contributed by atoms with van der Waals surface area (Å²) in [5, 5.41) is 6.40. The molecule has 12 nitrogen and oxygen atoms in total.